The predicted molar refractivity (Wildman–Crippen MR) is 80.6 cm³/mol. The molecule has 112 valence electrons. The normalized spacial score (nSPS) is 12.4. The van der Waals surface area contributed by atoms with Gasteiger partial charge in [-0.2, -0.15) is 0 Å². The van der Waals surface area contributed by atoms with Crippen LogP contribution in [0.3, 0.4) is 0 Å². The first-order valence-electron chi connectivity index (χ1n) is 6.63. The maximum atomic E-state index is 14.1. The lowest BCUT2D eigenvalue weighted by Crippen LogP contribution is -2.24. The summed E-state index contributed by atoms with van der Waals surface area (Å²) in [4.78, 5) is 0. The lowest BCUT2D eigenvalue weighted by molar-refractivity contribution is 0.495. The highest BCUT2D eigenvalue weighted by molar-refractivity contribution is 9.10. The molecule has 0 radical (unpaired) electrons. The Morgan fingerprint density at radius 3 is 2.38 bits per heavy atom. The van der Waals surface area contributed by atoms with Crippen molar-refractivity contribution in [3.63, 3.8) is 0 Å². The van der Waals surface area contributed by atoms with Crippen molar-refractivity contribution in [2.24, 2.45) is 0 Å². The molecule has 5 heteroatoms. The van der Waals surface area contributed by atoms with Crippen LogP contribution in [0.2, 0.25) is 0 Å². The van der Waals surface area contributed by atoms with Gasteiger partial charge in [0.1, 0.15) is 5.82 Å². The highest BCUT2D eigenvalue weighted by atomic mass is 79.9. The number of hydrogen-bond donors (Lipinski definition) is 1. The molecule has 1 nitrogen and oxygen atoms in total. The molecule has 1 atom stereocenters. The molecule has 0 spiro atoms. The maximum Gasteiger partial charge on any atom is 0.159 e. The first-order chi connectivity index (χ1) is 10.0. The van der Waals surface area contributed by atoms with Crippen molar-refractivity contribution >= 4 is 15.9 Å². The molecule has 2 aromatic rings. The monoisotopic (exact) mass is 357 g/mol. The Morgan fingerprint density at radius 2 is 1.76 bits per heavy atom. The van der Waals surface area contributed by atoms with Crippen LogP contribution < -0.4 is 5.32 Å². The average molecular weight is 358 g/mol. The van der Waals surface area contributed by atoms with Crippen molar-refractivity contribution in [2.45, 2.75) is 19.4 Å². The second-order valence-electron chi connectivity index (χ2n) is 4.73. The molecule has 0 aliphatic rings. The largest absolute Gasteiger partial charge is 0.310 e. The lowest BCUT2D eigenvalue weighted by Gasteiger charge is -2.19. The predicted octanol–water partition coefficient (Wildman–Crippen LogP) is 4.76. The van der Waals surface area contributed by atoms with E-state index in [1.165, 1.54) is 12.1 Å². The van der Waals surface area contributed by atoms with E-state index in [0.29, 0.717) is 28.6 Å². The second-order valence-corrected chi connectivity index (χ2v) is 5.64. The van der Waals surface area contributed by atoms with Crippen molar-refractivity contribution in [1.29, 1.82) is 0 Å². The Labute approximate surface area is 130 Å². The summed E-state index contributed by atoms with van der Waals surface area (Å²) in [6.45, 7) is 2.55. The van der Waals surface area contributed by atoms with Crippen molar-refractivity contribution in [3.05, 3.63) is 69.4 Å². The lowest BCUT2D eigenvalue weighted by atomic mass is 9.98. The zero-order valence-electron chi connectivity index (χ0n) is 11.5. The Morgan fingerprint density at radius 1 is 1.00 bits per heavy atom. The molecule has 0 saturated heterocycles. The zero-order chi connectivity index (χ0) is 15.4. The minimum atomic E-state index is -0.890. The van der Waals surface area contributed by atoms with Crippen LogP contribution in [0.1, 0.15) is 24.1 Å². The number of halogens is 4. The Hall–Kier alpha value is -1.33. The van der Waals surface area contributed by atoms with Gasteiger partial charge in [0.05, 0.1) is 0 Å². The molecule has 0 heterocycles. The van der Waals surface area contributed by atoms with Crippen LogP contribution in [-0.2, 0) is 6.42 Å². The molecule has 2 rings (SSSR count). The van der Waals surface area contributed by atoms with Crippen LogP contribution in [0.25, 0.3) is 0 Å². The standard InChI is InChI=1S/C16H15BrF3N/c1-2-21-16(12-5-4-11(17)9-14(12)19)8-10-3-6-13(18)15(20)7-10/h3-7,9,16,21H,2,8H2,1H3. The van der Waals surface area contributed by atoms with E-state index < -0.39 is 11.6 Å². The summed E-state index contributed by atoms with van der Waals surface area (Å²) in [6, 6.07) is 8.29. The smallest absolute Gasteiger partial charge is 0.159 e. The van der Waals surface area contributed by atoms with E-state index in [4.69, 9.17) is 0 Å². The Balaban J connectivity index is 2.28. The number of rotatable bonds is 5. The SMILES string of the molecule is CCNC(Cc1ccc(F)c(F)c1)c1ccc(Br)cc1F. The van der Waals surface area contributed by atoms with E-state index in [1.807, 2.05) is 6.92 Å². The van der Waals surface area contributed by atoms with Gasteiger partial charge in [-0.1, -0.05) is 35.0 Å². The maximum absolute atomic E-state index is 14.1. The van der Waals surface area contributed by atoms with Crippen LogP contribution in [-0.4, -0.2) is 6.54 Å². The highest BCUT2D eigenvalue weighted by Crippen LogP contribution is 2.24. The van der Waals surface area contributed by atoms with Crippen molar-refractivity contribution in [3.8, 4) is 0 Å². The van der Waals surface area contributed by atoms with E-state index in [9.17, 15) is 13.2 Å². The number of benzene rings is 2. The van der Waals surface area contributed by atoms with Gasteiger partial charge in [-0.15, -0.1) is 0 Å². The molecule has 2 aromatic carbocycles. The third kappa shape index (κ3) is 4.08. The summed E-state index contributed by atoms with van der Waals surface area (Å²) < 4.78 is 41.0. The highest BCUT2D eigenvalue weighted by Gasteiger charge is 2.16. The fraction of sp³-hybridized carbons (Fsp3) is 0.250. The molecule has 1 unspecified atom stereocenters. The molecule has 0 aromatic heterocycles. The molecule has 0 saturated carbocycles. The minimum absolute atomic E-state index is 0.298. The number of nitrogens with one attached hydrogen (secondary N) is 1. The third-order valence-corrected chi connectivity index (χ3v) is 3.71. The van der Waals surface area contributed by atoms with Gasteiger partial charge < -0.3 is 5.32 Å². The summed E-state index contributed by atoms with van der Waals surface area (Å²) in [7, 11) is 0. The molecular weight excluding hydrogens is 343 g/mol. The van der Waals surface area contributed by atoms with E-state index in [2.05, 4.69) is 21.2 Å². The van der Waals surface area contributed by atoms with Crippen LogP contribution in [0, 0.1) is 17.5 Å². The van der Waals surface area contributed by atoms with Gasteiger partial charge in [-0.05, 0) is 42.8 Å². The fourth-order valence-electron chi connectivity index (χ4n) is 2.22. The summed E-state index contributed by atoms with van der Waals surface area (Å²) in [5, 5.41) is 3.17. The van der Waals surface area contributed by atoms with Crippen LogP contribution >= 0.6 is 15.9 Å². The first-order valence-corrected chi connectivity index (χ1v) is 7.42. The fourth-order valence-corrected chi connectivity index (χ4v) is 2.56. The van der Waals surface area contributed by atoms with E-state index in [0.717, 1.165) is 12.1 Å². The van der Waals surface area contributed by atoms with Gasteiger partial charge >= 0.3 is 0 Å². The van der Waals surface area contributed by atoms with Crippen LogP contribution in [0.4, 0.5) is 13.2 Å². The van der Waals surface area contributed by atoms with E-state index >= 15 is 0 Å². The quantitative estimate of drug-likeness (QED) is 0.813. The van der Waals surface area contributed by atoms with Gasteiger partial charge in [-0.25, -0.2) is 13.2 Å². The van der Waals surface area contributed by atoms with Gasteiger partial charge in [-0.3, -0.25) is 0 Å². The molecule has 0 amide bonds. The van der Waals surface area contributed by atoms with Crippen molar-refractivity contribution in [2.75, 3.05) is 6.54 Å². The van der Waals surface area contributed by atoms with Crippen LogP contribution in [0.15, 0.2) is 40.9 Å². The molecule has 0 bridgehead atoms. The Bertz CT molecular complexity index is 631. The van der Waals surface area contributed by atoms with Gasteiger partial charge in [0.15, 0.2) is 11.6 Å². The summed E-state index contributed by atoms with van der Waals surface area (Å²) >= 11 is 3.22. The second kappa shape index (κ2) is 7.09. The summed E-state index contributed by atoms with van der Waals surface area (Å²) in [5.41, 5.74) is 1.12. The third-order valence-electron chi connectivity index (χ3n) is 3.21. The molecule has 0 aliphatic heterocycles. The molecule has 0 fully saturated rings. The zero-order valence-corrected chi connectivity index (χ0v) is 13.1. The van der Waals surface area contributed by atoms with Crippen LogP contribution in [0.5, 0.6) is 0 Å². The first kappa shape index (κ1) is 16.0. The molecule has 21 heavy (non-hydrogen) atoms. The Kier molecular flexibility index (Phi) is 5.42. The topological polar surface area (TPSA) is 12.0 Å². The molecule has 1 N–H and O–H groups in total. The summed E-state index contributed by atoms with van der Waals surface area (Å²) in [6.07, 6.45) is 0.379. The van der Waals surface area contributed by atoms with Gasteiger partial charge in [0.25, 0.3) is 0 Å². The number of hydrogen-bond acceptors (Lipinski definition) is 1. The minimum Gasteiger partial charge on any atom is -0.310 e. The van der Waals surface area contributed by atoms with E-state index in [-0.39, 0.29) is 11.9 Å². The van der Waals surface area contributed by atoms with Gasteiger partial charge in [0, 0.05) is 16.1 Å². The van der Waals surface area contributed by atoms with Gasteiger partial charge in [0.2, 0.25) is 0 Å². The van der Waals surface area contributed by atoms with Crippen molar-refractivity contribution in [1.82, 2.24) is 5.32 Å². The molecule has 0 aliphatic carbocycles. The summed E-state index contributed by atoms with van der Waals surface area (Å²) in [5.74, 6) is -2.11. The van der Waals surface area contributed by atoms with E-state index in [1.54, 1.807) is 12.1 Å². The van der Waals surface area contributed by atoms with Crippen molar-refractivity contribution < 1.29 is 13.2 Å². The molecular formula is C16H15BrF3N. The average Bonchev–Trinajstić information content (AvgIpc) is 2.42. The number of likely N-dealkylation sites (N-methyl/N-ethyl adjacent to an activating group) is 1.